The summed E-state index contributed by atoms with van der Waals surface area (Å²) in [6.07, 6.45) is 3.58. The number of aliphatic carboxylic acids is 1. The lowest BCUT2D eigenvalue weighted by Gasteiger charge is -1.99. The molecule has 0 saturated heterocycles. The molecule has 3 nitrogen and oxygen atoms in total. The van der Waals surface area contributed by atoms with Gasteiger partial charge < -0.3 is 9.84 Å². The first-order chi connectivity index (χ1) is 5.27. The molecule has 0 aliphatic carbocycles. The van der Waals surface area contributed by atoms with Gasteiger partial charge in [0, 0.05) is 6.61 Å². The van der Waals surface area contributed by atoms with Crippen molar-refractivity contribution in [3.05, 3.63) is 0 Å². The molecule has 1 N–H and O–H groups in total. The Labute approximate surface area is 68.1 Å². The lowest BCUT2D eigenvalue weighted by molar-refractivity contribution is -0.142. The highest BCUT2D eigenvalue weighted by atomic mass is 16.5. The molecule has 11 heavy (non-hydrogen) atoms. The second-order valence-electron chi connectivity index (χ2n) is 2.30. The highest BCUT2D eigenvalue weighted by Gasteiger charge is 1.94. The zero-order valence-electron chi connectivity index (χ0n) is 6.58. The predicted molar refractivity (Wildman–Crippen MR) is 42.9 cm³/mol. The van der Waals surface area contributed by atoms with Crippen molar-refractivity contribution < 1.29 is 14.6 Å². The Bertz CT molecular complexity index is 106. The number of ether oxygens (including phenoxy) is 1. The van der Waals surface area contributed by atoms with Gasteiger partial charge in [0.2, 0.25) is 0 Å². The van der Waals surface area contributed by atoms with E-state index in [4.69, 9.17) is 17.7 Å². The maximum atomic E-state index is 9.94. The molecule has 0 aliphatic rings. The van der Waals surface area contributed by atoms with Crippen molar-refractivity contribution in [2.75, 3.05) is 13.2 Å². The van der Waals surface area contributed by atoms with Crippen LogP contribution in [-0.4, -0.2) is 32.1 Å². The molecule has 0 aromatic carbocycles. The van der Waals surface area contributed by atoms with E-state index in [2.05, 4.69) is 0 Å². The maximum Gasteiger partial charge on any atom is 0.329 e. The Kier molecular flexibility index (Phi) is 7.25. The van der Waals surface area contributed by atoms with Crippen LogP contribution in [0.4, 0.5) is 0 Å². The van der Waals surface area contributed by atoms with E-state index in [0.717, 1.165) is 19.3 Å². The highest BCUT2D eigenvalue weighted by molar-refractivity contribution is 6.08. The lowest BCUT2D eigenvalue weighted by Crippen LogP contribution is -2.07. The minimum Gasteiger partial charge on any atom is -0.480 e. The minimum absolute atomic E-state index is 0.192. The summed E-state index contributed by atoms with van der Waals surface area (Å²) in [5.41, 5.74) is 0. The predicted octanol–water partition coefficient (Wildman–Crippen LogP) is 0.845. The molecule has 0 spiro atoms. The van der Waals surface area contributed by atoms with Crippen molar-refractivity contribution in [3.63, 3.8) is 0 Å². The van der Waals surface area contributed by atoms with E-state index in [-0.39, 0.29) is 6.61 Å². The number of carboxylic acids is 1. The van der Waals surface area contributed by atoms with E-state index in [1.165, 1.54) is 0 Å². The van der Waals surface area contributed by atoms with Gasteiger partial charge in [-0.05, 0) is 6.42 Å². The quantitative estimate of drug-likeness (QED) is 0.438. The molecule has 2 radical (unpaired) electrons. The summed E-state index contributed by atoms with van der Waals surface area (Å²) >= 11 is 0. The van der Waals surface area contributed by atoms with Crippen LogP contribution >= 0.6 is 0 Å². The number of rotatable bonds is 7. The van der Waals surface area contributed by atoms with Crippen LogP contribution in [0.3, 0.4) is 0 Å². The molecule has 0 amide bonds. The lowest BCUT2D eigenvalue weighted by atomic mass is 10.00. The van der Waals surface area contributed by atoms with Gasteiger partial charge in [-0.1, -0.05) is 19.2 Å². The number of hydrogen-bond acceptors (Lipinski definition) is 2. The zero-order chi connectivity index (χ0) is 8.53. The van der Waals surface area contributed by atoms with Crippen molar-refractivity contribution in [1.29, 1.82) is 0 Å². The largest absolute Gasteiger partial charge is 0.480 e. The SMILES string of the molecule is [B]CCCCCOCC(=O)O. The molecule has 0 aromatic rings. The molecule has 4 heteroatoms. The van der Waals surface area contributed by atoms with Gasteiger partial charge in [0.15, 0.2) is 0 Å². The molecular formula is C7H13BO3. The van der Waals surface area contributed by atoms with Gasteiger partial charge in [-0.2, -0.15) is 0 Å². The number of hydrogen-bond donors (Lipinski definition) is 1. The van der Waals surface area contributed by atoms with Gasteiger partial charge in [0.25, 0.3) is 0 Å². The van der Waals surface area contributed by atoms with Crippen molar-refractivity contribution >= 4 is 13.8 Å². The Balaban J connectivity index is 2.85. The molecule has 0 saturated carbocycles. The monoisotopic (exact) mass is 156 g/mol. The van der Waals surface area contributed by atoms with Crippen LogP contribution in [0.2, 0.25) is 6.32 Å². The summed E-state index contributed by atoms with van der Waals surface area (Å²) in [4.78, 5) is 9.94. The molecule has 0 aliphatic heterocycles. The van der Waals surface area contributed by atoms with Crippen LogP contribution in [0, 0.1) is 0 Å². The Morgan fingerprint density at radius 2 is 2.09 bits per heavy atom. The first kappa shape index (κ1) is 10.5. The molecular weight excluding hydrogens is 143 g/mol. The van der Waals surface area contributed by atoms with Crippen LogP contribution in [0.25, 0.3) is 0 Å². The van der Waals surface area contributed by atoms with Gasteiger partial charge in [0.1, 0.15) is 6.61 Å². The number of carbonyl (C=O) groups is 1. The van der Waals surface area contributed by atoms with Crippen LogP contribution < -0.4 is 0 Å². The fourth-order valence-corrected chi connectivity index (χ4v) is 0.685. The summed E-state index contributed by atoms with van der Waals surface area (Å²) in [6, 6.07) is 0. The van der Waals surface area contributed by atoms with Crippen molar-refractivity contribution in [2.45, 2.75) is 25.6 Å². The average Bonchev–Trinajstić information content (AvgIpc) is 1.96. The zero-order valence-corrected chi connectivity index (χ0v) is 6.58. The van der Waals surface area contributed by atoms with Gasteiger partial charge in [-0.3, -0.25) is 0 Å². The van der Waals surface area contributed by atoms with E-state index in [1.54, 1.807) is 0 Å². The van der Waals surface area contributed by atoms with Crippen LogP contribution in [-0.2, 0) is 9.53 Å². The van der Waals surface area contributed by atoms with E-state index in [0.29, 0.717) is 12.9 Å². The Morgan fingerprint density at radius 1 is 1.36 bits per heavy atom. The van der Waals surface area contributed by atoms with Crippen LogP contribution in [0.1, 0.15) is 19.3 Å². The normalized spacial score (nSPS) is 9.82. The second kappa shape index (κ2) is 7.60. The molecule has 0 unspecified atom stereocenters. The fraction of sp³-hybridized carbons (Fsp3) is 0.857. The number of carboxylic acid groups (broad SMARTS) is 1. The van der Waals surface area contributed by atoms with Gasteiger partial charge in [0.05, 0.1) is 7.85 Å². The number of unbranched alkanes of at least 4 members (excludes halogenated alkanes) is 2. The van der Waals surface area contributed by atoms with Gasteiger partial charge in [-0.15, -0.1) is 0 Å². The first-order valence-corrected chi connectivity index (χ1v) is 3.77. The minimum atomic E-state index is -0.913. The molecule has 62 valence electrons. The van der Waals surface area contributed by atoms with Crippen LogP contribution in [0.5, 0.6) is 0 Å². The average molecular weight is 156 g/mol. The van der Waals surface area contributed by atoms with E-state index >= 15 is 0 Å². The third kappa shape index (κ3) is 9.49. The van der Waals surface area contributed by atoms with Crippen molar-refractivity contribution in [2.24, 2.45) is 0 Å². The molecule has 0 rings (SSSR count). The molecule has 0 heterocycles. The van der Waals surface area contributed by atoms with Crippen LogP contribution in [0.15, 0.2) is 0 Å². The maximum absolute atomic E-state index is 9.94. The van der Waals surface area contributed by atoms with Gasteiger partial charge in [-0.25, -0.2) is 4.79 Å². The summed E-state index contributed by atoms with van der Waals surface area (Å²) in [5.74, 6) is -0.913. The summed E-state index contributed by atoms with van der Waals surface area (Å²) in [5, 5.41) is 8.17. The summed E-state index contributed by atoms with van der Waals surface area (Å²) < 4.78 is 4.80. The third-order valence-corrected chi connectivity index (χ3v) is 1.22. The second-order valence-corrected chi connectivity index (χ2v) is 2.30. The van der Waals surface area contributed by atoms with E-state index in [1.807, 2.05) is 0 Å². The Morgan fingerprint density at radius 3 is 2.64 bits per heavy atom. The van der Waals surface area contributed by atoms with Crippen molar-refractivity contribution in [1.82, 2.24) is 0 Å². The molecule has 0 atom stereocenters. The highest BCUT2D eigenvalue weighted by Crippen LogP contribution is 1.97. The first-order valence-electron chi connectivity index (χ1n) is 3.77. The molecule has 0 bridgehead atoms. The standard InChI is InChI=1S/C7H13BO3/c8-4-2-1-3-5-11-6-7(9)10/h1-6H2,(H,9,10). The molecule has 0 aromatic heterocycles. The smallest absolute Gasteiger partial charge is 0.329 e. The summed E-state index contributed by atoms with van der Waals surface area (Å²) in [7, 11) is 5.26. The molecule has 0 fully saturated rings. The van der Waals surface area contributed by atoms with Gasteiger partial charge >= 0.3 is 5.97 Å². The van der Waals surface area contributed by atoms with E-state index in [9.17, 15) is 4.79 Å². The Hall–Kier alpha value is -0.505. The van der Waals surface area contributed by atoms with Crippen molar-refractivity contribution in [3.8, 4) is 0 Å². The van der Waals surface area contributed by atoms with E-state index < -0.39 is 5.97 Å². The third-order valence-electron chi connectivity index (χ3n) is 1.22. The fourth-order valence-electron chi connectivity index (χ4n) is 0.685. The topological polar surface area (TPSA) is 46.5 Å². The summed E-state index contributed by atoms with van der Waals surface area (Å²) in [6.45, 7) is 0.328.